The number of hydrogen-bond acceptors (Lipinski definition) is 3. The van der Waals surface area contributed by atoms with Gasteiger partial charge in [-0.15, -0.1) is 0 Å². The zero-order valence-electron chi connectivity index (χ0n) is 19.5. The van der Waals surface area contributed by atoms with Crippen LogP contribution in [0.2, 0.25) is 5.02 Å². The maximum atomic E-state index is 13.0. The van der Waals surface area contributed by atoms with E-state index in [9.17, 15) is 9.59 Å². The molecule has 1 heterocycles. The van der Waals surface area contributed by atoms with Gasteiger partial charge in [0.2, 0.25) is 0 Å². The third-order valence-corrected chi connectivity index (χ3v) is 6.27. The fourth-order valence-electron chi connectivity index (χ4n) is 4.09. The number of pyridine rings is 1. The van der Waals surface area contributed by atoms with E-state index >= 15 is 0 Å². The first-order chi connectivity index (χ1) is 16.9. The Hall–Kier alpha value is -3.70. The predicted octanol–water partition coefficient (Wildman–Crippen LogP) is 6.84. The Balaban J connectivity index is 1.61. The molecule has 35 heavy (non-hydrogen) atoms. The summed E-state index contributed by atoms with van der Waals surface area (Å²) in [5, 5.41) is 13.6. The Morgan fingerprint density at radius 1 is 0.971 bits per heavy atom. The topological polar surface area (TPSA) is 79.3 Å². The van der Waals surface area contributed by atoms with Crippen LogP contribution < -0.4 is 5.32 Å². The molecule has 0 fully saturated rings. The number of nitrogens with one attached hydrogen (secondary N) is 1. The van der Waals surface area contributed by atoms with Gasteiger partial charge in [-0.3, -0.25) is 14.6 Å². The average Bonchev–Trinajstić information content (AvgIpc) is 2.86. The molecule has 0 aliphatic rings. The predicted molar refractivity (Wildman–Crippen MR) is 140 cm³/mol. The highest BCUT2D eigenvalue weighted by Gasteiger charge is 2.14. The molecule has 0 bridgehead atoms. The largest absolute Gasteiger partial charge is 0.481 e. The molecule has 1 unspecified atom stereocenters. The molecule has 5 nitrogen and oxygen atoms in total. The van der Waals surface area contributed by atoms with Crippen molar-refractivity contribution in [2.75, 3.05) is 0 Å². The lowest BCUT2D eigenvalue weighted by Gasteiger charge is -2.15. The van der Waals surface area contributed by atoms with Gasteiger partial charge in [0.1, 0.15) is 0 Å². The number of aryl methyl sites for hydroxylation is 1. The van der Waals surface area contributed by atoms with E-state index in [0.29, 0.717) is 23.4 Å². The number of benzene rings is 3. The zero-order chi connectivity index (χ0) is 24.8. The van der Waals surface area contributed by atoms with E-state index in [0.717, 1.165) is 39.7 Å². The minimum atomic E-state index is -0.789. The number of carboxylic acids is 1. The summed E-state index contributed by atoms with van der Waals surface area (Å²) in [6, 6.07) is 24.9. The highest BCUT2D eigenvalue weighted by molar-refractivity contribution is 6.30. The van der Waals surface area contributed by atoms with Crippen LogP contribution in [0, 0.1) is 0 Å². The van der Waals surface area contributed by atoms with E-state index in [1.807, 2.05) is 79.7 Å². The van der Waals surface area contributed by atoms with Gasteiger partial charge in [0.05, 0.1) is 11.6 Å². The summed E-state index contributed by atoms with van der Waals surface area (Å²) in [6.45, 7) is 1.93. The van der Waals surface area contributed by atoms with Gasteiger partial charge in [-0.2, -0.15) is 0 Å². The summed E-state index contributed by atoms with van der Waals surface area (Å²) in [5.41, 5.74) is 5.24. The van der Waals surface area contributed by atoms with Crippen LogP contribution in [-0.4, -0.2) is 22.0 Å². The molecule has 4 aromatic rings. The first kappa shape index (κ1) is 24.4. The van der Waals surface area contributed by atoms with Crippen LogP contribution in [0.3, 0.4) is 0 Å². The van der Waals surface area contributed by atoms with Crippen LogP contribution in [0.25, 0.3) is 22.0 Å². The minimum Gasteiger partial charge on any atom is -0.481 e. The van der Waals surface area contributed by atoms with E-state index < -0.39 is 5.97 Å². The molecule has 1 atom stereocenters. The molecule has 0 aliphatic carbocycles. The summed E-state index contributed by atoms with van der Waals surface area (Å²) in [6.07, 6.45) is 2.12. The number of fused-ring (bicyclic) bond motifs is 1. The second-order valence-corrected chi connectivity index (χ2v) is 9.04. The van der Waals surface area contributed by atoms with Crippen molar-refractivity contribution in [3.05, 3.63) is 101 Å². The van der Waals surface area contributed by atoms with Gasteiger partial charge in [0, 0.05) is 33.7 Å². The Labute approximate surface area is 209 Å². The number of nitrogens with zero attached hydrogens (tertiary/aromatic N) is 1. The van der Waals surface area contributed by atoms with Gasteiger partial charge in [-0.05, 0) is 67.6 Å². The van der Waals surface area contributed by atoms with Gasteiger partial charge in [-0.25, -0.2) is 0 Å². The van der Waals surface area contributed by atoms with Crippen molar-refractivity contribution >= 4 is 34.4 Å². The first-order valence-electron chi connectivity index (χ1n) is 11.7. The van der Waals surface area contributed by atoms with Crippen molar-refractivity contribution in [2.45, 2.75) is 38.6 Å². The van der Waals surface area contributed by atoms with E-state index in [1.54, 1.807) is 0 Å². The number of halogens is 1. The molecule has 0 saturated heterocycles. The van der Waals surface area contributed by atoms with Crippen molar-refractivity contribution in [3.63, 3.8) is 0 Å². The molecule has 4 rings (SSSR count). The summed E-state index contributed by atoms with van der Waals surface area (Å²) >= 11 is 5.97. The molecule has 0 aliphatic heterocycles. The van der Waals surface area contributed by atoms with Crippen molar-refractivity contribution in [3.8, 4) is 11.1 Å². The van der Waals surface area contributed by atoms with Crippen molar-refractivity contribution < 1.29 is 14.7 Å². The monoisotopic (exact) mass is 486 g/mol. The molecule has 1 amide bonds. The van der Waals surface area contributed by atoms with Crippen LogP contribution in [0.5, 0.6) is 0 Å². The highest BCUT2D eigenvalue weighted by Crippen LogP contribution is 2.28. The van der Waals surface area contributed by atoms with Gasteiger partial charge in [0.25, 0.3) is 5.91 Å². The maximum absolute atomic E-state index is 13.0. The first-order valence-corrected chi connectivity index (χ1v) is 12.1. The number of aliphatic carboxylic acids is 1. The second-order valence-electron chi connectivity index (χ2n) is 8.60. The summed E-state index contributed by atoms with van der Waals surface area (Å²) < 4.78 is 0. The molecule has 2 N–H and O–H groups in total. The van der Waals surface area contributed by atoms with E-state index in [2.05, 4.69) is 11.4 Å². The standard InChI is InChI=1S/C29H27ClN2O3/c1-19(20-13-15-24(30)16-14-20)31-29(35)23-12-11-22-17-25(21-7-3-2-4-8-21)26(32-27(22)18-23)9-5-6-10-28(33)34/h2-4,7-8,11-19H,5-6,9-10H2,1H3,(H,31,35)(H,33,34). The lowest BCUT2D eigenvalue weighted by atomic mass is 9.97. The van der Waals surface area contributed by atoms with E-state index in [-0.39, 0.29) is 18.4 Å². The molecule has 0 spiro atoms. The van der Waals surface area contributed by atoms with Gasteiger partial charge >= 0.3 is 5.97 Å². The molecule has 1 aromatic heterocycles. The smallest absolute Gasteiger partial charge is 0.303 e. The Bertz CT molecular complexity index is 1340. The Kier molecular flexibility index (Phi) is 7.78. The SMILES string of the molecule is CC(NC(=O)c1ccc2cc(-c3ccccc3)c(CCCCC(=O)O)nc2c1)c1ccc(Cl)cc1. The number of aromatic nitrogens is 1. The van der Waals surface area contributed by atoms with Gasteiger partial charge in [0.15, 0.2) is 0 Å². The van der Waals surface area contributed by atoms with Crippen LogP contribution >= 0.6 is 11.6 Å². The fraction of sp³-hybridized carbons (Fsp3) is 0.207. The molecular weight excluding hydrogens is 460 g/mol. The number of carbonyl (C=O) groups is 2. The number of carbonyl (C=O) groups excluding carboxylic acids is 1. The van der Waals surface area contributed by atoms with E-state index in [1.165, 1.54) is 0 Å². The number of carboxylic acid groups (broad SMARTS) is 1. The summed E-state index contributed by atoms with van der Waals surface area (Å²) in [4.78, 5) is 28.8. The molecule has 3 aromatic carbocycles. The number of unbranched alkanes of at least 4 members (excludes halogenated alkanes) is 1. The lowest BCUT2D eigenvalue weighted by molar-refractivity contribution is -0.137. The molecule has 6 heteroatoms. The fourth-order valence-corrected chi connectivity index (χ4v) is 4.22. The molecular formula is C29H27ClN2O3. The third-order valence-electron chi connectivity index (χ3n) is 6.02. The van der Waals surface area contributed by atoms with Crippen LogP contribution in [-0.2, 0) is 11.2 Å². The molecule has 178 valence electrons. The van der Waals surface area contributed by atoms with E-state index in [4.69, 9.17) is 21.7 Å². The Morgan fingerprint density at radius 3 is 2.43 bits per heavy atom. The lowest BCUT2D eigenvalue weighted by Crippen LogP contribution is -2.26. The summed E-state index contributed by atoms with van der Waals surface area (Å²) in [7, 11) is 0. The maximum Gasteiger partial charge on any atom is 0.303 e. The quantitative estimate of drug-likeness (QED) is 0.254. The van der Waals surface area contributed by atoms with Crippen LogP contribution in [0.4, 0.5) is 0 Å². The number of hydrogen-bond donors (Lipinski definition) is 2. The van der Waals surface area contributed by atoms with Gasteiger partial charge < -0.3 is 10.4 Å². The summed E-state index contributed by atoms with van der Waals surface area (Å²) in [5.74, 6) is -0.963. The molecule has 0 saturated carbocycles. The van der Waals surface area contributed by atoms with Crippen LogP contribution in [0.15, 0.2) is 78.9 Å². The highest BCUT2D eigenvalue weighted by atomic mass is 35.5. The number of rotatable bonds is 9. The third kappa shape index (κ3) is 6.25. The van der Waals surface area contributed by atoms with Crippen molar-refractivity contribution in [1.82, 2.24) is 10.3 Å². The second kappa shape index (κ2) is 11.2. The molecule has 0 radical (unpaired) electrons. The average molecular weight is 487 g/mol. The van der Waals surface area contributed by atoms with Crippen molar-refractivity contribution in [2.24, 2.45) is 0 Å². The minimum absolute atomic E-state index is 0.143. The van der Waals surface area contributed by atoms with Crippen molar-refractivity contribution in [1.29, 1.82) is 0 Å². The normalized spacial score (nSPS) is 11.8. The zero-order valence-corrected chi connectivity index (χ0v) is 20.3. The van der Waals surface area contributed by atoms with Crippen LogP contribution in [0.1, 0.15) is 53.8 Å². The Morgan fingerprint density at radius 2 is 1.71 bits per heavy atom. The van der Waals surface area contributed by atoms with Gasteiger partial charge in [-0.1, -0.05) is 60.1 Å². The number of amides is 1.